The first kappa shape index (κ1) is 10.9. The molecule has 3 nitrogen and oxygen atoms in total. The maximum Gasteiger partial charge on any atom is 0.114 e. The summed E-state index contributed by atoms with van der Waals surface area (Å²) in [6.45, 7) is 3.83. The molecule has 0 aromatic heterocycles. The average Bonchev–Trinajstić information content (AvgIpc) is 2.76. The monoisotopic (exact) mass is 209 g/mol. The molecule has 0 amide bonds. The van der Waals surface area contributed by atoms with E-state index in [1.807, 2.05) is 6.92 Å². The van der Waals surface area contributed by atoms with Gasteiger partial charge >= 0.3 is 0 Å². The van der Waals surface area contributed by atoms with Crippen LogP contribution in [0.2, 0.25) is 0 Å². The minimum Gasteiger partial charge on any atom is -0.388 e. The van der Waals surface area contributed by atoms with Crippen molar-refractivity contribution in [1.82, 2.24) is 0 Å². The van der Waals surface area contributed by atoms with E-state index < -0.39 is 11.0 Å². The minimum absolute atomic E-state index is 0.0472. The Hall–Kier alpha value is -0.590. The standard InChI is InChI=1S/C12H19NO2/c1-3-6-11(2,14)12(8-13)7-9-4-5-10(12)15-9/h9-10,14H,3-7H2,1-2H3. The molecule has 2 rings (SSSR count). The number of ether oxygens (including phenoxy) is 1. The Morgan fingerprint density at radius 2 is 2.33 bits per heavy atom. The lowest BCUT2D eigenvalue weighted by Gasteiger charge is -2.41. The average molecular weight is 209 g/mol. The fourth-order valence-electron chi connectivity index (χ4n) is 3.22. The molecule has 84 valence electrons. The van der Waals surface area contributed by atoms with E-state index in [-0.39, 0.29) is 12.2 Å². The van der Waals surface area contributed by atoms with Crippen molar-refractivity contribution in [2.45, 2.75) is 63.8 Å². The SMILES string of the molecule is CCCC(C)(O)C1(C#N)CC2CCC1O2. The predicted molar refractivity (Wildman–Crippen MR) is 56.1 cm³/mol. The first-order valence-electron chi connectivity index (χ1n) is 5.85. The zero-order valence-corrected chi connectivity index (χ0v) is 9.49. The van der Waals surface area contributed by atoms with Gasteiger partial charge in [0.05, 0.1) is 23.9 Å². The van der Waals surface area contributed by atoms with E-state index in [4.69, 9.17) is 4.74 Å². The van der Waals surface area contributed by atoms with Crippen molar-refractivity contribution in [2.75, 3.05) is 0 Å². The van der Waals surface area contributed by atoms with Crippen LogP contribution in [0.5, 0.6) is 0 Å². The van der Waals surface area contributed by atoms with Gasteiger partial charge in [0.25, 0.3) is 0 Å². The lowest BCUT2D eigenvalue weighted by Crippen LogP contribution is -2.51. The van der Waals surface area contributed by atoms with Crippen LogP contribution in [-0.4, -0.2) is 22.9 Å². The van der Waals surface area contributed by atoms with E-state index >= 15 is 0 Å². The Bertz CT molecular complexity index is 294. The van der Waals surface area contributed by atoms with Gasteiger partial charge in [0.15, 0.2) is 0 Å². The maximum absolute atomic E-state index is 10.5. The Labute approximate surface area is 91.0 Å². The van der Waals surface area contributed by atoms with Crippen LogP contribution in [0.25, 0.3) is 0 Å². The van der Waals surface area contributed by atoms with Gasteiger partial charge in [-0.25, -0.2) is 0 Å². The molecule has 4 unspecified atom stereocenters. The molecule has 2 fully saturated rings. The topological polar surface area (TPSA) is 53.2 Å². The first-order valence-corrected chi connectivity index (χ1v) is 5.85. The molecule has 2 heterocycles. The van der Waals surface area contributed by atoms with E-state index in [0.717, 1.165) is 19.3 Å². The molecule has 2 bridgehead atoms. The molecule has 2 aliphatic heterocycles. The van der Waals surface area contributed by atoms with Gasteiger partial charge in [-0.2, -0.15) is 5.26 Å². The van der Waals surface area contributed by atoms with Gasteiger partial charge in [0.2, 0.25) is 0 Å². The summed E-state index contributed by atoms with van der Waals surface area (Å²) in [5.74, 6) is 0. The van der Waals surface area contributed by atoms with Crippen LogP contribution in [0, 0.1) is 16.7 Å². The maximum atomic E-state index is 10.5. The van der Waals surface area contributed by atoms with Crippen molar-refractivity contribution in [1.29, 1.82) is 5.26 Å². The highest BCUT2D eigenvalue weighted by molar-refractivity contribution is 5.19. The van der Waals surface area contributed by atoms with Crippen molar-refractivity contribution in [3.63, 3.8) is 0 Å². The van der Waals surface area contributed by atoms with E-state index in [2.05, 4.69) is 6.07 Å². The van der Waals surface area contributed by atoms with Gasteiger partial charge in [0.1, 0.15) is 5.41 Å². The summed E-state index contributed by atoms with van der Waals surface area (Å²) in [5, 5.41) is 19.9. The van der Waals surface area contributed by atoms with Gasteiger partial charge in [-0.05, 0) is 32.6 Å². The third kappa shape index (κ3) is 1.39. The van der Waals surface area contributed by atoms with Crippen molar-refractivity contribution >= 4 is 0 Å². The van der Waals surface area contributed by atoms with E-state index in [0.29, 0.717) is 12.8 Å². The number of nitriles is 1. The van der Waals surface area contributed by atoms with Crippen LogP contribution >= 0.6 is 0 Å². The van der Waals surface area contributed by atoms with E-state index in [1.54, 1.807) is 6.92 Å². The van der Waals surface area contributed by atoms with Crippen LogP contribution in [-0.2, 0) is 4.74 Å². The Balaban J connectivity index is 2.27. The molecular formula is C12H19NO2. The molecule has 15 heavy (non-hydrogen) atoms. The molecule has 0 radical (unpaired) electrons. The summed E-state index contributed by atoms with van der Waals surface area (Å²) < 4.78 is 5.73. The predicted octanol–water partition coefficient (Wildman–Crippen LogP) is 2.00. The largest absolute Gasteiger partial charge is 0.388 e. The van der Waals surface area contributed by atoms with Crippen LogP contribution in [0.4, 0.5) is 0 Å². The molecule has 0 saturated carbocycles. The van der Waals surface area contributed by atoms with Crippen LogP contribution in [0.15, 0.2) is 0 Å². The summed E-state index contributed by atoms with van der Waals surface area (Å²) in [6, 6.07) is 2.36. The van der Waals surface area contributed by atoms with Crippen LogP contribution in [0.1, 0.15) is 46.0 Å². The Morgan fingerprint density at radius 1 is 1.60 bits per heavy atom. The molecule has 0 aliphatic carbocycles. The quantitative estimate of drug-likeness (QED) is 0.773. The van der Waals surface area contributed by atoms with Crippen molar-refractivity contribution in [2.24, 2.45) is 5.41 Å². The molecule has 0 aromatic carbocycles. The highest BCUT2D eigenvalue weighted by Gasteiger charge is 2.61. The summed E-state index contributed by atoms with van der Waals surface area (Å²) in [7, 11) is 0. The zero-order valence-electron chi connectivity index (χ0n) is 9.49. The molecule has 0 spiro atoms. The Kier molecular flexibility index (Phi) is 2.52. The van der Waals surface area contributed by atoms with Crippen molar-refractivity contribution in [3.8, 4) is 6.07 Å². The summed E-state index contributed by atoms with van der Waals surface area (Å²) in [6.07, 6.45) is 4.42. The second kappa shape index (κ2) is 3.47. The van der Waals surface area contributed by atoms with E-state index in [9.17, 15) is 10.4 Å². The molecule has 0 aromatic rings. The number of rotatable bonds is 3. The van der Waals surface area contributed by atoms with E-state index in [1.165, 1.54) is 0 Å². The molecule has 4 atom stereocenters. The summed E-state index contributed by atoms with van der Waals surface area (Å²) in [5.41, 5.74) is -1.57. The third-order valence-electron chi connectivity index (χ3n) is 4.10. The second-order valence-corrected chi connectivity index (χ2v) is 5.14. The number of nitrogens with zero attached hydrogens (tertiary/aromatic N) is 1. The van der Waals surface area contributed by atoms with Crippen LogP contribution in [0.3, 0.4) is 0 Å². The van der Waals surface area contributed by atoms with Gasteiger partial charge in [-0.3, -0.25) is 0 Å². The van der Waals surface area contributed by atoms with Gasteiger partial charge in [0, 0.05) is 0 Å². The van der Waals surface area contributed by atoms with Gasteiger partial charge in [-0.1, -0.05) is 13.3 Å². The summed E-state index contributed by atoms with van der Waals surface area (Å²) >= 11 is 0. The molecule has 1 N–H and O–H groups in total. The lowest BCUT2D eigenvalue weighted by atomic mass is 9.63. The number of aliphatic hydroxyl groups is 1. The Morgan fingerprint density at radius 3 is 2.73 bits per heavy atom. The normalized spacial score (nSPS) is 42.5. The van der Waals surface area contributed by atoms with Crippen LogP contribution < -0.4 is 0 Å². The number of fused-ring (bicyclic) bond motifs is 2. The number of hydrogen-bond donors (Lipinski definition) is 1. The highest BCUT2D eigenvalue weighted by Crippen LogP contribution is 2.54. The van der Waals surface area contributed by atoms with Gasteiger partial charge in [-0.15, -0.1) is 0 Å². The van der Waals surface area contributed by atoms with Crippen molar-refractivity contribution in [3.05, 3.63) is 0 Å². The molecular weight excluding hydrogens is 190 g/mol. The summed E-state index contributed by atoms with van der Waals surface area (Å²) in [4.78, 5) is 0. The second-order valence-electron chi connectivity index (χ2n) is 5.14. The fraction of sp³-hybridized carbons (Fsp3) is 0.917. The first-order chi connectivity index (χ1) is 7.05. The van der Waals surface area contributed by atoms with Crippen molar-refractivity contribution < 1.29 is 9.84 Å². The molecule has 2 saturated heterocycles. The number of hydrogen-bond acceptors (Lipinski definition) is 3. The highest BCUT2D eigenvalue weighted by atomic mass is 16.5. The molecule has 3 heteroatoms. The smallest absolute Gasteiger partial charge is 0.114 e. The zero-order chi connectivity index (χ0) is 11.1. The minimum atomic E-state index is -0.906. The van der Waals surface area contributed by atoms with Gasteiger partial charge < -0.3 is 9.84 Å². The fourth-order valence-corrected chi connectivity index (χ4v) is 3.22. The lowest BCUT2D eigenvalue weighted by molar-refractivity contribution is -0.0772. The third-order valence-corrected chi connectivity index (χ3v) is 4.10. The molecule has 2 aliphatic rings.